The zero-order valence-electron chi connectivity index (χ0n) is 17.6. The third-order valence-corrected chi connectivity index (χ3v) is 7.72. The predicted molar refractivity (Wildman–Crippen MR) is 119 cm³/mol. The summed E-state index contributed by atoms with van der Waals surface area (Å²) in [5, 5.41) is 7.15. The van der Waals surface area contributed by atoms with Crippen LogP contribution in [0, 0.1) is 0 Å². The summed E-state index contributed by atoms with van der Waals surface area (Å²) in [6.45, 7) is 5.10. The van der Waals surface area contributed by atoms with Crippen molar-refractivity contribution in [2.24, 2.45) is 0 Å². The summed E-state index contributed by atoms with van der Waals surface area (Å²) in [5.74, 6) is -0.00748. The number of nitrogens with one attached hydrogen (secondary N) is 1. The Morgan fingerprint density at radius 1 is 1.10 bits per heavy atom. The third-order valence-electron chi connectivity index (χ3n) is 4.95. The Kier molecular flexibility index (Phi) is 8.82. The first-order valence-corrected chi connectivity index (χ1v) is 12.2. The molecule has 29 heavy (non-hydrogen) atoms. The van der Waals surface area contributed by atoms with E-state index < -0.39 is 10.0 Å². The van der Waals surface area contributed by atoms with Crippen molar-refractivity contribution in [3.8, 4) is 0 Å². The minimum absolute atomic E-state index is 0.00748. The minimum Gasteiger partial charge on any atom is -0.354 e. The van der Waals surface area contributed by atoms with E-state index in [0.717, 1.165) is 5.56 Å². The molecule has 0 saturated heterocycles. The molecule has 1 aromatic carbocycles. The van der Waals surface area contributed by atoms with E-state index in [4.69, 9.17) is 0 Å². The lowest BCUT2D eigenvalue weighted by molar-refractivity contribution is -0.121. The first-order chi connectivity index (χ1) is 13.8. The molecule has 6 nitrogen and oxygen atoms in total. The second kappa shape index (κ2) is 10.9. The van der Waals surface area contributed by atoms with E-state index in [2.05, 4.69) is 21.7 Å². The fourth-order valence-electron chi connectivity index (χ4n) is 3.16. The molecule has 160 valence electrons. The van der Waals surface area contributed by atoms with Gasteiger partial charge in [-0.25, -0.2) is 8.42 Å². The van der Waals surface area contributed by atoms with Gasteiger partial charge in [0, 0.05) is 26.1 Å². The highest BCUT2D eigenvalue weighted by atomic mass is 32.2. The summed E-state index contributed by atoms with van der Waals surface area (Å²) < 4.78 is 26.5. The Hall–Kier alpha value is -1.74. The summed E-state index contributed by atoms with van der Waals surface area (Å²) in [5.41, 5.74) is 2.14. The van der Waals surface area contributed by atoms with Crippen molar-refractivity contribution in [2.75, 3.05) is 33.7 Å². The number of likely N-dealkylation sites (N-methyl/N-ethyl adjacent to an activating group) is 1. The van der Waals surface area contributed by atoms with Gasteiger partial charge < -0.3 is 10.2 Å². The van der Waals surface area contributed by atoms with E-state index in [1.165, 1.54) is 9.87 Å². The number of amides is 1. The minimum atomic E-state index is -3.45. The number of carbonyl (C=O) groups is 1. The van der Waals surface area contributed by atoms with Crippen LogP contribution in [0.4, 0.5) is 0 Å². The molecule has 1 N–H and O–H groups in total. The SMILES string of the molecule is CCN(CC)S(=O)(=O)c1ccc(CCC(=O)NCC(c2ccsc2)N(C)C)cc1. The fraction of sp³-hybridized carbons (Fsp3) is 0.476. The summed E-state index contributed by atoms with van der Waals surface area (Å²) in [6.07, 6.45) is 0.939. The molecule has 2 aromatic rings. The second-order valence-corrected chi connectivity index (χ2v) is 9.79. The van der Waals surface area contributed by atoms with Crippen molar-refractivity contribution in [3.63, 3.8) is 0 Å². The normalized spacial score (nSPS) is 13.0. The molecular formula is C21H31N3O3S2. The smallest absolute Gasteiger partial charge is 0.243 e. The van der Waals surface area contributed by atoms with Gasteiger partial charge in [0.1, 0.15) is 0 Å². The lowest BCUT2D eigenvalue weighted by atomic mass is 10.1. The van der Waals surface area contributed by atoms with Crippen LogP contribution in [0.1, 0.15) is 37.4 Å². The van der Waals surface area contributed by atoms with E-state index in [9.17, 15) is 13.2 Å². The van der Waals surface area contributed by atoms with Crippen molar-refractivity contribution in [1.29, 1.82) is 0 Å². The first kappa shape index (κ1) is 23.5. The van der Waals surface area contributed by atoms with E-state index >= 15 is 0 Å². The van der Waals surface area contributed by atoms with E-state index in [1.54, 1.807) is 35.6 Å². The molecule has 0 saturated carbocycles. The van der Waals surface area contributed by atoms with Gasteiger partial charge in [-0.3, -0.25) is 4.79 Å². The average Bonchev–Trinajstić information content (AvgIpc) is 3.21. The lowest BCUT2D eigenvalue weighted by Crippen LogP contribution is -2.34. The highest BCUT2D eigenvalue weighted by Gasteiger charge is 2.21. The Bertz CT molecular complexity index is 859. The molecule has 0 radical (unpaired) electrons. The summed E-state index contributed by atoms with van der Waals surface area (Å²) in [7, 11) is 0.558. The van der Waals surface area contributed by atoms with Gasteiger partial charge in [-0.05, 0) is 60.6 Å². The Morgan fingerprint density at radius 2 is 1.76 bits per heavy atom. The van der Waals surface area contributed by atoms with Crippen LogP contribution >= 0.6 is 11.3 Å². The average molecular weight is 438 g/mol. The predicted octanol–water partition coefficient (Wildman–Crippen LogP) is 3.13. The van der Waals surface area contributed by atoms with E-state index in [0.29, 0.717) is 37.4 Å². The fourth-order valence-corrected chi connectivity index (χ4v) is 5.33. The highest BCUT2D eigenvalue weighted by molar-refractivity contribution is 7.89. The van der Waals surface area contributed by atoms with Gasteiger partial charge in [0.2, 0.25) is 15.9 Å². The molecule has 1 aromatic heterocycles. The molecule has 0 spiro atoms. The summed E-state index contributed by atoms with van der Waals surface area (Å²) in [4.78, 5) is 14.7. The molecule has 1 heterocycles. The topological polar surface area (TPSA) is 69.7 Å². The molecule has 0 aliphatic rings. The van der Waals surface area contributed by atoms with Gasteiger partial charge in [0.05, 0.1) is 10.9 Å². The maximum Gasteiger partial charge on any atom is 0.243 e. The Morgan fingerprint density at radius 3 is 2.28 bits per heavy atom. The molecule has 1 amide bonds. The molecule has 2 rings (SSSR count). The second-order valence-electron chi connectivity index (χ2n) is 7.07. The Balaban J connectivity index is 1.89. The van der Waals surface area contributed by atoms with Crippen LogP contribution in [0.15, 0.2) is 46.0 Å². The standard InChI is InChI=1S/C21H31N3O3S2/c1-5-24(6-2)29(26,27)19-10-7-17(8-11-19)9-12-21(25)22-15-20(23(3)4)18-13-14-28-16-18/h7-8,10-11,13-14,16,20H,5-6,9,12,15H2,1-4H3,(H,22,25). The molecule has 0 aliphatic carbocycles. The maximum atomic E-state index is 12.5. The Labute approximate surface area is 178 Å². The third kappa shape index (κ3) is 6.37. The number of hydrogen-bond acceptors (Lipinski definition) is 5. The van der Waals surface area contributed by atoms with Crippen molar-refractivity contribution in [2.45, 2.75) is 37.6 Å². The number of nitrogens with zero attached hydrogens (tertiary/aromatic N) is 2. The van der Waals surface area contributed by atoms with Crippen molar-refractivity contribution >= 4 is 27.3 Å². The van der Waals surface area contributed by atoms with Crippen LogP contribution in [-0.2, 0) is 21.2 Å². The molecule has 0 bridgehead atoms. The van der Waals surface area contributed by atoms with Crippen LogP contribution in [0.3, 0.4) is 0 Å². The highest BCUT2D eigenvalue weighted by Crippen LogP contribution is 2.20. The molecule has 0 aliphatic heterocycles. The van der Waals surface area contributed by atoms with Crippen LogP contribution in [-0.4, -0.2) is 57.3 Å². The van der Waals surface area contributed by atoms with Gasteiger partial charge in [-0.2, -0.15) is 15.6 Å². The van der Waals surface area contributed by atoms with Gasteiger partial charge >= 0.3 is 0 Å². The lowest BCUT2D eigenvalue weighted by Gasteiger charge is -2.24. The molecule has 0 fully saturated rings. The van der Waals surface area contributed by atoms with Crippen LogP contribution in [0.2, 0.25) is 0 Å². The number of aryl methyl sites for hydroxylation is 1. The number of thiophene rings is 1. The molecular weight excluding hydrogens is 406 g/mol. The number of benzene rings is 1. The monoisotopic (exact) mass is 437 g/mol. The van der Waals surface area contributed by atoms with Crippen molar-refractivity contribution in [3.05, 3.63) is 52.2 Å². The van der Waals surface area contributed by atoms with Gasteiger partial charge in [-0.1, -0.05) is 26.0 Å². The van der Waals surface area contributed by atoms with E-state index in [-0.39, 0.29) is 11.9 Å². The molecule has 8 heteroatoms. The number of carbonyl (C=O) groups excluding carboxylic acids is 1. The van der Waals surface area contributed by atoms with Crippen LogP contribution < -0.4 is 5.32 Å². The number of hydrogen-bond donors (Lipinski definition) is 1. The van der Waals surface area contributed by atoms with Crippen LogP contribution in [0.5, 0.6) is 0 Å². The zero-order chi connectivity index (χ0) is 21.4. The maximum absolute atomic E-state index is 12.5. The summed E-state index contributed by atoms with van der Waals surface area (Å²) >= 11 is 1.65. The quantitative estimate of drug-likeness (QED) is 0.586. The van der Waals surface area contributed by atoms with Gasteiger partial charge in [0.15, 0.2) is 0 Å². The van der Waals surface area contributed by atoms with Crippen molar-refractivity contribution in [1.82, 2.24) is 14.5 Å². The van der Waals surface area contributed by atoms with Gasteiger partial charge in [-0.15, -0.1) is 0 Å². The first-order valence-electron chi connectivity index (χ1n) is 9.83. The molecule has 1 atom stereocenters. The van der Waals surface area contributed by atoms with Crippen molar-refractivity contribution < 1.29 is 13.2 Å². The number of rotatable bonds is 11. The largest absolute Gasteiger partial charge is 0.354 e. The molecule has 1 unspecified atom stereocenters. The summed E-state index contributed by atoms with van der Waals surface area (Å²) in [6, 6.07) is 9.05. The number of sulfonamides is 1. The van der Waals surface area contributed by atoms with Crippen LogP contribution in [0.25, 0.3) is 0 Å². The van der Waals surface area contributed by atoms with E-state index in [1.807, 2.05) is 33.3 Å². The zero-order valence-corrected chi connectivity index (χ0v) is 19.2. The van der Waals surface area contributed by atoms with Gasteiger partial charge in [0.25, 0.3) is 0 Å².